The molecule has 9 heteroatoms. The number of phosphoric ester groups is 1. The summed E-state index contributed by atoms with van der Waals surface area (Å²) < 4.78 is 25.9. The molecule has 2 N–H and O–H groups in total. The first-order valence-electron chi connectivity index (χ1n) is 5.57. The Morgan fingerprint density at radius 3 is 2.45 bits per heavy atom. The molecule has 0 aliphatic heterocycles. The lowest BCUT2D eigenvalue weighted by Gasteiger charge is -2.16. The zero-order valence-corrected chi connectivity index (χ0v) is 12.1. The molecular weight excluding hydrogens is 289 g/mol. The van der Waals surface area contributed by atoms with Gasteiger partial charge in [-0.3, -0.25) is 4.89 Å². The molecule has 0 saturated carbocycles. The molecule has 1 rings (SSSR count). The predicted molar refractivity (Wildman–Crippen MR) is 69.1 cm³/mol. The summed E-state index contributed by atoms with van der Waals surface area (Å²) in [6.45, 7) is 1.40. The Balaban J connectivity index is 2.74. The van der Waals surface area contributed by atoms with Crippen molar-refractivity contribution in [3.05, 3.63) is 24.3 Å². The largest absolute Gasteiger partial charge is 0.587 e. The Bertz CT molecular complexity index is 507. The van der Waals surface area contributed by atoms with Gasteiger partial charge in [-0.25, -0.2) is 9.36 Å². The van der Waals surface area contributed by atoms with Crippen LogP contribution in [0.1, 0.15) is 6.92 Å². The van der Waals surface area contributed by atoms with Gasteiger partial charge in [-0.15, -0.1) is 0 Å². The van der Waals surface area contributed by atoms with Crippen LogP contribution in [0.2, 0.25) is 0 Å². The first-order valence-corrected chi connectivity index (χ1v) is 7.06. The van der Waals surface area contributed by atoms with Crippen molar-refractivity contribution in [3.63, 3.8) is 0 Å². The lowest BCUT2D eigenvalue weighted by molar-refractivity contribution is -0.140. The van der Waals surface area contributed by atoms with Crippen LogP contribution in [0, 0.1) is 0 Å². The van der Waals surface area contributed by atoms with E-state index in [9.17, 15) is 14.3 Å². The number of phosphoric acid groups is 1. The molecule has 8 nitrogen and oxygen atoms in total. The normalized spacial score (nSPS) is 15.0. The predicted octanol–water partition coefficient (Wildman–Crippen LogP) is 1.26. The molecule has 0 fully saturated rings. The summed E-state index contributed by atoms with van der Waals surface area (Å²) in [6, 6.07) is 5.25. The molecule has 1 aromatic rings. The van der Waals surface area contributed by atoms with Crippen LogP contribution in [0.5, 0.6) is 11.5 Å². The van der Waals surface area contributed by atoms with Gasteiger partial charge in [0, 0.05) is 0 Å². The number of ether oxygens (including phenoxy) is 1. The number of methoxy groups -OCH3 is 1. The summed E-state index contributed by atoms with van der Waals surface area (Å²) >= 11 is 0. The SMILES string of the molecule is CON[C@@H](C)C(=O)OP(=O)(O)Oc1ccccc1OC. The number of nitrogens with one attached hydrogen (secondary N) is 1. The Morgan fingerprint density at radius 1 is 1.30 bits per heavy atom. The van der Waals surface area contributed by atoms with Crippen molar-refractivity contribution < 1.29 is 32.9 Å². The number of carbonyl (C=O) groups excluding carboxylic acids is 1. The van der Waals surface area contributed by atoms with Gasteiger partial charge in [0.15, 0.2) is 11.5 Å². The second-order valence-corrected chi connectivity index (χ2v) is 4.97. The van der Waals surface area contributed by atoms with Crippen molar-refractivity contribution in [2.45, 2.75) is 13.0 Å². The van der Waals surface area contributed by atoms with Crippen LogP contribution < -0.4 is 14.7 Å². The number of hydrogen-bond donors (Lipinski definition) is 2. The Kier molecular flexibility index (Phi) is 5.97. The minimum atomic E-state index is -4.61. The van der Waals surface area contributed by atoms with Crippen molar-refractivity contribution in [2.24, 2.45) is 0 Å². The van der Waals surface area contributed by atoms with Gasteiger partial charge < -0.3 is 18.6 Å². The molecule has 0 heterocycles. The number of rotatable bonds is 7. The van der Waals surface area contributed by atoms with E-state index in [0.29, 0.717) is 0 Å². The smallest absolute Gasteiger partial charge is 0.493 e. The third kappa shape index (κ3) is 4.82. The van der Waals surface area contributed by atoms with Crippen LogP contribution in [-0.2, 0) is 18.7 Å². The van der Waals surface area contributed by atoms with E-state index in [0.717, 1.165) is 0 Å². The third-order valence-electron chi connectivity index (χ3n) is 2.14. The van der Waals surface area contributed by atoms with Crippen molar-refractivity contribution in [2.75, 3.05) is 14.2 Å². The van der Waals surface area contributed by atoms with Crippen LogP contribution >= 0.6 is 7.82 Å². The lowest BCUT2D eigenvalue weighted by atomic mass is 10.3. The highest BCUT2D eigenvalue weighted by Crippen LogP contribution is 2.46. The summed E-state index contributed by atoms with van der Waals surface area (Å²) in [5.41, 5.74) is 2.27. The van der Waals surface area contributed by atoms with Crippen molar-refractivity contribution >= 4 is 13.8 Å². The zero-order chi connectivity index (χ0) is 15.2. The minimum Gasteiger partial charge on any atom is -0.493 e. The van der Waals surface area contributed by atoms with Crippen LogP contribution in [-0.4, -0.2) is 31.1 Å². The fourth-order valence-corrected chi connectivity index (χ4v) is 2.08. The van der Waals surface area contributed by atoms with Crippen LogP contribution in [0.4, 0.5) is 0 Å². The minimum absolute atomic E-state index is 0.0130. The molecule has 1 unspecified atom stereocenters. The van der Waals surface area contributed by atoms with E-state index < -0.39 is 19.8 Å². The molecule has 20 heavy (non-hydrogen) atoms. The summed E-state index contributed by atoms with van der Waals surface area (Å²) in [7, 11) is -1.94. The fraction of sp³-hybridized carbons (Fsp3) is 0.364. The van der Waals surface area contributed by atoms with E-state index >= 15 is 0 Å². The first kappa shape index (κ1) is 16.5. The summed E-state index contributed by atoms with van der Waals surface area (Å²) in [4.78, 5) is 25.5. The first-order chi connectivity index (χ1) is 9.39. The molecule has 2 atom stereocenters. The number of benzene rings is 1. The average Bonchev–Trinajstić information content (AvgIpc) is 2.38. The van der Waals surface area contributed by atoms with Gasteiger partial charge in [-0.2, -0.15) is 5.48 Å². The summed E-state index contributed by atoms with van der Waals surface area (Å²) in [5.74, 6) is -0.769. The second-order valence-electron chi connectivity index (χ2n) is 3.66. The highest BCUT2D eigenvalue weighted by Gasteiger charge is 2.31. The Morgan fingerprint density at radius 2 is 1.90 bits per heavy atom. The molecule has 0 saturated heterocycles. The van der Waals surface area contributed by atoms with Gasteiger partial charge in [0.05, 0.1) is 14.2 Å². The average molecular weight is 305 g/mol. The van der Waals surface area contributed by atoms with E-state index in [-0.39, 0.29) is 11.5 Å². The molecule has 112 valence electrons. The topological polar surface area (TPSA) is 103 Å². The summed E-state index contributed by atoms with van der Waals surface area (Å²) in [6.07, 6.45) is 0. The standard InChI is InChI=1S/C11H16NO7P/c1-8(12-17-3)11(13)19-20(14,15)18-10-7-5-4-6-9(10)16-2/h4-8,12H,1-3H3,(H,14,15)/t8-/m0/s1. The molecule has 0 amide bonds. The maximum absolute atomic E-state index is 11.7. The highest BCUT2D eigenvalue weighted by atomic mass is 31.2. The van der Waals surface area contributed by atoms with Crippen LogP contribution in [0.15, 0.2) is 24.3 Å². The van der Waals surface area contributed by atoms with Crippen molar-refractivity contribution in [3.8, 4) is 11.5 Å². The van der Waals surface area contributed by atoms with Gasteiger partial charge >= 0.3 is 13.8 Å². The third-order valence-corrected chi connectivity index (χ3v) is 2.97. The molecule has 0 radical (unpaired) electrons. The lowest BCUT2D eigenvalue weighted by Crippen LogP contribution is -2.34. The molecule has 0 aliphatic carbocycles. The maximum Gasteiger partial charge on any atom is 0.587 e. The quantitative estimate of drug-likeness (QED) is 0.573. The molecule has 0 bridgehead atoms. The number of hydroxylamine groups is 1. The number of carbonyl (C=O) groups is 1. The zero-order valence-electron chi connectivity index (χ0n) is 11.2. The fourth-order valence-electron chi connectivity index (χ4n) is 1.25. The molecular formula is C11H16NO7P. The van der Waals surface area contributed by atoms with Gasteiger partial charge in [-0.1, -0.05) is 12.1 Å². The van der Waals surface area contributed by atoms with E-state index in [2.05, 4.69) is 14.8 Å². The summed E-state index contributed by atoms with van der Waals surface area (Å²) in [5, 5.41) is 0. The monoisotopic (exact) mass is 305 g/mol. The van der Waals surface area contributed by atoms with Gasteiger partial charge in [0.1, 0.15) is 6.04 Å². The van der Waals surface area contributed by atoms with E-state index in [1.54, 1.807) is 12.1 Å². The molecule has 1 aromatic carbocycles. The van der Waals surface area contributed by atoms with Gasteiger partial charge in [-0.05, 0) is 19.1 Å². The van der Waals surface area contributed by atoms with Crippen LogP contribution in [0.25, 0.3) is 0 Å². The maximum atomic E-state index is 11.7. The molecule has 0 aliphatic rings. The molecule has 0 spiro atoms. The Labute approximate surface area is 116 Å². The number of para-hydroxylation sites is 2. The molecule has 0 aromatic heterocycles. The van der Waals surface area contributed by atoms with Gasteiger partial charge in [0.2, 0.25) is 0 Å². The van der Waals surface area contributed by atoms with E-state index in [1.165, 1.54) is 33.3 Å². The van der Waals surface area contributed by atoms with Crippen molar-refractivity contribution in [1.29, 1.82) is 0 Å². The van der Waals surface area contributed by atoms with Crippen molar-refractivity contribution in [1.82, 2.24) is 5.48 Å². The second kappa shape index (κ2) is 7.25. The van der Waals surface area contributed by atoms with E-state index in [1.807, 2.05) is 0 Å². The van der Waals surface area contributed by atoms with Crippen LogP contribution in [0.3, 0.4) is 0 Å². The van der Waals surface area contributed by atoms with Gasteiger partial charge in [0.25, 0.3) is 0 Å². The number of hydrogen-bond acceptors (Lipinski definition) is 7. The Hall–Kier alpha value is -1.60. The highest BCUT2D eigenvalue weighted by molar-refractivity contribution is 7.48. The van der Waals surface area contributed by atoms with E-state index in [4.69, 9.17) is 9.26 Å².